The second-order valence-corrected chi connectivity index (χ2v) is 5.65. The van der Waals surface area contributed by atoms with Gasteiger partial charge in [-0.15, -0.1) is 11.6 Å². The lowest BCUT2D eigenvalue weighted by atomic mass is 10.2. The number of likely N-dealkylation sites (tertiary alicyclic amines) is 1. The van der Waals surface area contributed by atoms with E-state index in [1.54, 1.807) is 6.20 Å². The Bertz CT molecular complexity index is 559. The number of alkyl halides is 1. The smallest absolute Gasteiger partial charge is 0.213 e. The molecular weight excluding hydrogens is 284 g/mol. The zero-order valence-corrected chi connectivity index (χ0v) is 12.7. The molecule has 0 radical (unpaired) electrons. The number of benzene rings is 1. The first-order valence-corrected chi connectivity index (χ1v) is 7.81. The molecule has 3 nitrogen and oxygen atoms in total. The summed E-state index contributed by atoms with van der Waals surface area (Å²) in [7, 11) is 0. The zero-order chi connectivity index (χ0) is 14.5. The van der Waals surface area contributed by atoms with Crippen LogP contribution in [0, 0.1) is 0 Å². The summed E-state index contributed by atoms with van der Waals surface area (Å²) in [5.41, 5.74) is 2.36. The number of pyridine rings is 1. The lowest BCUT2D eigenvalue weighted by Gasteiger charge is -2.16. The van der Waals surface area contributed by atoms with Crippen molar-refractivity contribution in [1.82, 2.24) is 9.88 Å². The molecule has 110 valence electrons. The van der Waals surface area contributed by atoms with Gasteiger partial charge in [-0.3, -0.25) is 4.90 Å². The largest absolute Gasteiger partial charge is 0.473 e. The number of nitrogens with zero attached hydrogens (tertiary/aromatic N) is 2. The van der Waals surface area contributed by atoms with Gasteiger partial charge in [0.2, 0.25) is 5.88 Å². The number of halogens is 1. The van der Waals surface area contributed by atoms with Gasteiger partial charge in [0.25, 0.3) is 0 Å². The van der Waals surface area contributed by atoms with Gasteiger partial charge in [0.15, 0.2) is 0 Å². The van der Waals surface area contributed by atoms with Crippen LogP contribution in [0.3, 0.4) is 0 Å². The summed E-state index contributed by atoms with van der Waals surface area (Å²) in [4.78, 5) is 6.72. The first-order chi connectivity index (χ1) is 10.3. The van der Waals surface area contributed by atoms with E-state index in [0.717, 1.165) is 31.6 Å². The molecule has 4 heteroatoms. The van der Waals surface area contributed by atoms with Crippen molar-refractivity contribution in [3.63, 3.8) is 0 Å². The van der Waals surface area contributed by atoms with Gasteiger partial charge in [-0.2, -0.15) is 0 Å². The molecule has 2 heterocycles. The van der Waals surface area contributed by atoms with Crippen LogP contribution < -0.4 is 4.74 Å². The van der Waals surface area contributed by atoms with Gasteiger partial charge in [0, 0.05) is 37.8 Å². The third-order valence-corrected chi connectivity index (χ3v) is 4.03. The maximum atomic E-state index is 5.95. The van der Waals surface area contributed by atoms with Crippen LogP contribution in [0.4, 0.5) is 0 Å². The Kier molecular flexibility index (Phi) is 4.73. The van der Waals surface area contributed by atoms with Crippen LogP contribution in [0.2, 0.25) is 0 Å². The van der Waals surface area contributed by atoms with Gasteiger partial charge < -0.3 is 4.74 Å². The zero-order valence-electron chi connectivity index (χ0n) is 11.9. The minimum Gasteiger partial charge on any atom is -0.473 e. The number of hydrogen-bond acceptors (Lipinski definition) is 3. The van der Waals surface area contributed by atoms with Crippen LogP contribution in [0.15, 0.2) is 48.7 Å². The van der Waals surface area contributed by atoms with E-state index >= 15 is 0 Å². The van der Waals surface area contributed by atoms with Gasteiger partial charge in [-0.25, -0.2) is 4.98 Å². The fraction of sp³-hybridized carbons (Fsp3) is 0.353. The molecule has 21 heavy (non-hydrogen) atoms. The molecule has 1 fully saturated rings. The van der Waals surface area contributed by atoms with Crippen molar-refractivity contribution in [2.24, 2.45) is 0 Å². The van der Waals surface area contributed by atoms with Crippen molar-refractivity contribution in [1.29, 1.82) is 0 Å². The first-order valence-electron chi connectivity index (χ1n) is 7.27. The SMILES string of the molecule is ClCc1ccc(OC2CCN(Cc3ccccc3)C2)nc1. The highest BCUT2D eigenvalue weighted by Gasteiger charge is 2.24. The number of aromatic nitrogens is 1. The van der Waals surface area contributed by atoms with E-state index < -0.39 is 0 Å². The van der Waals surface area contributed by atoms with E-state index in [-0.39, 0.29) is 6.10 Å². The Hall–Kier alpha value is -1.58. The normalized spacial score (nSPS) is 18.8. The average molecular weight is 303 g/mol. The highest BCUT2D eigenvalue weighted by Crippen LogP contribution is 2.19. The summed E-state index contributed by atoms with van der Waals surface area (Å²) in [6.45, 7) is 3.01. The monoisotopic (exact) mass is 302 g/mol. The second-order valence-electron chi connectivity index (χ2n) is 5.39. The van der Waals surface area contributed by atoms with E-state index in [4.69, 9.17) is 16.3 Å². The number of rotatable bonds is 5. The van der Waals surface area contributed by atoms with E-state index in [2.05, 4.69) is 40.2 Å². The third kappa shape index (κ3) is 3.96. The van der Waals surface area contributed by atoms with Crippen LogP contribution in [-0.4, -0.2) is 29.1 Å². The molecule has 0 aliphatic carbocycles. The van der Waals surface area contributed by atoms with E-state index in [1.165, 1.54) is 5.56 Å². The van der Waals surface area contributed by atoms with Crippen LogP contribution in [-0.2, 0) is 12.4 Å². The second kappa shape index (κ2) is 6.92. The van der Waals surface area contributed by atoms with Crippen LogP contribution in [0.5, 0.6) is 5.88 Å². The highest BCUT2D eigenvalue weighted by atomic mass is 35.5. The minimum atomic E-state index is 0.225. The molecule has 1 aromatic carbocycles. The predicted molar refractivity (Wildman–Crippen MR) is 84.5 cm³/mol. The van der Waals surface area contributed by atoms with Crippen molar-refractivity contribution in [3.05, 3.63) is 59.8 Å². The molecule has 1 aliphatic heterocycles. The standard InChI is InChI=1S/C17H19ClN2O/c18-10-15-6-7-17(19-11-15)21-16-8-9-20(13-16)12-14-4-2-1-3-5-14/h1-7,11,16H,8-10,12-13H2. The third-order valence-electron chi connectivity index (χ3n) is 3.72. The van der Waals surface area contributed by atoms with Gasteiger partial charge >= 0.3 is 0 Å². The molecule has 2 aromatic rings. The van der Waals surface area contributed by atoms with Gasteiger partial charge in [-0.1, -0.05) is 36.4 Å². The summed E-state index contributed by atoms with van der Waals surface area (Å²) in [6, 6.07) is 14.4. The van der Waals surface area contributed by atoms with Gasteiger partial charge in [0.1, 0.15) is 6.10 Å². The fourth-order valence-electron chi connectivity index (χ4n) is 2.61. The Morgan fingerprint density at radius 1 is 1.14 bits per heavy atom. The van der Waals surface area contributed by atoms with E-state index in [9.17, 15) is 0 Å². The van der Waals surface area contributed by atoms with Crippen molar-refractivity contribution in [2.45, 2.75) is 24.9 Å². The van der Waals surface area contributed by atoms with Crippen LogP contribution in [0.1, 0.15) is 17.5 Å². The first kappa shape index (κ1) is 14.4. The van der Waals surface area contributed by atoms with Gasteiger partial charge in [-0.05, 0) is 17.5 Å². The molecule has 1 unspecified atom stereocenters. The Morgan fingerprint density at radius 2 is 2.00 bits per heavy atom. The highest BCUT2D eigenvalue weighted by molar-refractivity contribution is 6.17. The Morgan fingerprint density at radius 3 is 2.71 bits per heavy atom. The molecule has 1 atom stereocenters. The Labute approximate surface area is 130 Å². The quantitative estimate of drug-likeness (QED) is 0.791. The summed E-state index contributed by atoms with van der Waals surface area (Å²) >= 11 is 5.76. The minimum absolute atomic E-state index is 0.225. The molecule has 0 N–H and O–H groups in total. The molecule has 1 aromatic heterocycles. The molecular formula is C17H19ClN2O. The van der Waals surface area contributed by atoms with E-state index in [1.807, 2.05) is 12.1 Å². The Balaban J connectivity index is 1.52. The van der Waals surface area contributed by atoms with Gasteiger partial charge in [0.05, 0.1) is 0 Å². The van der Waals surface area contributed by atoms with Crippen LogP contribution in [0.25, 0.3) is 0 Å². The van der Waals surface area contributed by atoms with Crippen molar-refractivity contribution in [3.8, 4) is 5.88 Å². The lowest BCUT2D eigenvalue weighted by molar-refractivity contribution is 0.191. The fourth-order valence-corrected chi connectivity index (χ4v) is 2.77. The summed E-state index contributed by atoms with van der Waals surface area (Å²) in [5.74, 6) is 1.18. The molecule has 1 saturated heterocycles. The van der Waals surface area contributed by atoms with Crippen molar-refractivity contribution >= 4 is 11.6 Å². The molecule has 3 rings (SSSR count). The maximum absolute atomic E-state index is 5.95. The molecule has 1 aliphatic rings. The topological polar surface area (TPSA) is 25.4 Å². The molecule has 0 bridgehead atoms. The van der Waals surface area contributed by atoms with E-state index in [0.29, 0.717) is 11.8 Å². The van der Waals surface area contributed by atoms with Crippen LogP contribution >= 0.6 is 11.6 Å². The number of ether oxygens (including phenoxy) is 1. The number of hydrogen-bond donors (Lipinski definition) is 0. The summed E-state index contributed by atoms with van der Waals surface area (Å²) in [5, 5.41) is 0. The molecule has 0 spiro atoms. The summed E-state index contributed by atoms with van der Waals surface area (Å²) in [6.07, 6.45) is 3.05. The van der Waals surface area contributed by atoms with Crippen molar-refractivity contribution < 1.29 is 4.74 Å². The van der Waals surface area contributed by atoms with Crippen molar-refractivity contribution in [2.75, 3.05) is 13.1 Å². The maximum Gasteiger partial charge on any atom is 0.213 e. The average Bonchev–Trinajstić information content (AvgIpc) is 2.96. The molecule has 0 saturated carbocycles. The lowest BCUT2D eigenvalue weighted by Crippen LogP contribution is -2.24. The predicted octanol–water partition coefficient (Wildman–Crippen LogP) is 3.47. The molecule has 0 amide bonds. The summed E-state index contributed by atoms with van der Waals surface area (Å²) < 4.78 is 5.95.